The van der Waals surface area contributed by atoms with Crippen LogP contribution >= 0.6 is 0 Å². The van der Waals surface area contributed by atoms with Gasteiger partial charge < -0.3 is 16.2 Å². The highest BCUT2D eigenvalue weighted by molar-refractivity contribution is 5.85. The van der Waals surface area contributed by atoms with Crippen molar-refractivity contribution in [1.82, 2.24) is 5.32 Å². The highest BCUT2D eigenvalue weighted by Gasteiger charge is 2.38. The van der Waals surface area contributed by atoms with Gasteiger partial charge in [-0.25, -0.2) is 0 Å². The molecule has 4 heteroatoms. The lowest BCUT2D eigenvalue weighted by Gasteiger charge is -2.22. The van der Waals surface area contributed by atoms with Gasteiger partial charge in [-0.2, -0.15) is 0 Å². The van der Waals surface area contributed by atoms with Gasteiger partial charge in [0.25, 0.3) is 0 Å². The first-order chi connectivity index (χ1) is 4.71. The fourth-order valence-corrected chi connectivity index (χ4v) is 1.23. The first-order valence-corrected chi connectivity index (χ1v) is 3.37. The van der Waals surface area contributed by atoms with E-state index in [1.165, 1.54) is 0 Å². The molecule has 0 aliphatic carbocycles. The Bertz CT molecular complexity index is 141. The summed E-state index contributed by atoms with van der Waals surface area (Å²) in [5, 5.41) is 11.7. The van der Waals surface area contributed by atoms with E-state index in [-0.39, 0.29) is 6.61 Å². The smallest absolute Gasteiger partial charge is 0.240 e. The summed E-state index contributed by atoms with van der Waals surface area (Å²) < 4.78 is 0. The van der Waals surface area contributed by atoms with E-state index in [1.807, 2.05) is 0 Å². The third-order valence-corrected chi connectivity index (χ3v) is 1.99. The first-order valence-electron chi connectivity index (χ1n) is 3.37. The van der Waals surface area contributed by atoms with Crippen LogP contribution in [0.4, 0.5) is 0 Å². The number of rotatable bonds is 2. The second kappa shape index (κ2) is 2.56. The van der Waals surface area contributed by atoms with Gasteiger partial charge in [0.1, 0.15) is 5.54 Å². The van der Waals surface area contributed by atoms with E-state index in [9.17, 15) is 4.79 Å². The Morgan fingerprint density at radius 1 is 1.80 bits per heavy atom. The Labute approximate surface area is 59.4 Å². The van der Waals surface area contributed by atoms with Crippen molar-refractivity contribution in [3.63, 3.8) is 0 Å². The zero-order chi connectivity index (χ0) is 7.61. The zero-order valence-electron chi connectivity index (χ0n) is 5.76. The number of amides is 1. The van der Waals surface area contributed by atoms with Gasteiger partial charge in [-0.05, 0) is 19.4 Å². The molecular formula is C6H12N2O2. The Balaban J connectivity index is 2.67. The Hall–Kier alpha value is -0.610. The molecule has 1 amide bonds. The maximum absolute atomic E-state index is 10.8. The fraction of sp³-hybridized carbons (Fsp3) is 0.833. The summed E-state index contributed by atoms with van der Waals surface area (Å²) in [6, 6.07) is 0. The molecule has 4 nitrogen and oxygen atoms in total. The van der Waals surface area contributed by atoms with Crippen LogP contribution in [0.1, 0.15) is 12.8 Å². The molecule has 1 saturated heterocycles. The molecule has 1 atom stereocenters. The zero-order valence-corrected chi connectivity index (χ0v) is 5.76. The number of hydrogen-bond acceptors (Lipinski definition) is 3. The van der Waals surface area contributed by atoms with Crippen LogP contribution in [0.5, 0.6) is 0 Å². The average molecular weight is 144 g/mol. The number of aliphatic hydroxyl groups is 1. The van der Waals surface area contributed by atoms with Crippen molar-refractivity contribution in [2.45, 2.75) is 18.4 Å². The Morgan fingerprint density at radius 2 is 2.50 bits per heavy atom. The minimum Gasteiger partial charge on any atom is -0.394 e. The highest BCUT2D eigenvalue weighted by Crippen LogP contribution is 2.17. The van der Waals surface area contributed by atoms with Crippen molar-refractivity contribution < 1.29 is 9.90 Å². The minimum atomic E-state index is -0.819. The predicted octanol–water partition coefficient (Wildman–Crippen LogP) is -1.41. The van der Waals surface area contributed by atoms with Crippen LogP contribution < -0.4 is 11.1 Å². The number of nitrogens with one attached hydrogen (secondary N) is 1. The highest BCUT2D eigenvalue weighted by atomic mass is 16.3. The number of nitrogens with two attached hydrogens (primary N) is 1. The molecule has 1 fully saturated rings. The lowest BCUT2D eigenvalue weighted by atomic mass is 9.98. The minimum absolute atomic E-state index is 0.192. The lowest BCUT2D eigenvalue weighted by molar-refractivity contribution is -0.125. The second-order valence-electron chi connectivity index (χ2n) is 2.63. The molecule has 0 bridgehead atoms. The molecule has 0 saturated carbocycles. The molecule has 0 radical (unpaired) electrons. The standard InChI is InChI=1S/C6H12N2O2/c7-5(10)6(4-9)2-1-3-8-6/h8-9H,1-4H2,(H2,7,10)/t6-/m0/s1. The lowest BCUT2D eigenvalue weighted by Crippen LogP contribution is -2.54. The van der Waals surface area contributed by atoms with Crippen molar-refractivity contribution in [3.05, 3.63) is 0 Å². The van der Waals surface area contributed by atoms with Gasteiger partial charge in [0.05, 0.1) is 6.61 Å². The number of carbonyl (C=O) groups is 1. The van der Waals surface area contributed by atoms with Crippen LogP contribution in [0.2, 0.25) is 0 Å². The van der Waals surface area contributed by atoms with E-state index >= 15 is 0 Å². The van der Waals surface area contributed by atoms with Crippen LogP contribution in [0.3, 0.4) is 0 Å². The Kier molecular flexibility index (Phi) is 1.92. The third-order valence-electron chi connectivity index (χ3n) is 1.99. The van der Waals surface area contributed by atoms with Gasteiger partial charge in [-0.15, -0.1) is 0 Å². The topological polar surface area (TPSA) is 75.4 Å². The summed E-state index contributed by atoms with van der Waals surface area (Å²) in [6.07, 6.45) is 1.56. The average Bonchev–Trinajstić information content (AvgIpc) is 2.35. The summed E-state index contributed by atoms with van der Waals surface area (Å²) in [4.78, 5) is 10.8. The molecule has 0 aromatic carbocycles. The molecule has 0 aromatic rings. The predicted molar refractivity (Wildman–Crippen MR) is 36.2 cm³/mol. The van der Waals surface area contributed by atoms with Crippen LogP contribution in [0.15, 0.2) is 0 Å². The van der Waals surface area contributed by atoms with Crippen molar-refractivity contribution in [3.8, 4) is 0 Å². The molecule has 4 N–H and O–H groups in total. The fourth-order valence-electron chi connectivity index (χ4n) is 1.23. The summed E-state index contributed by atoms with van der Waals surface area (Å²) in [5.74, 6) is -0.451. The monoisotopic (exact) mass is 144 g/mol. The first kappa shape index (κ1) is 7.50. The van der Waals surface area contributed by atoms with Gasteiger partial charge in [0.15, 0.2) is 0 Å². The van der Waals surface area contributed by atoms with E-state index in [2.05, 4.69) is 5.32 Å². The molecule has 1 aliphatic rings. The van der Waals surface area contributed by atoms with Crippen molar-refractivity contribution in [2.24, 2.45) is 5.73 Å². The SMILES string of the molecule is NC(=O)[C@@]1(CO)CCCN1. The van der Waals surface area contributed by atoms with E-state index < -0.39 is 11.4 Å². The quantitative estimate of drug-likeness (QED) is 0.445. The normalized spacial score (nSPS) is 32.5. The molecule has 1 aliphatic heterocycles. The van der Waals surface area contributed by atoms with Crippen molar-refractivity contribution in [1.29, 1.82) is 0 Å². The van der Waals surface area contributed by atoms with Gasteiger partial charge in [-0.3, -0.25) is 4.79 Å². The maximum Gasteiger partial charge on any atom is 0.240 e. The van der Waals surface area contributed by atoms with Crippen LogP contribution in [-0.4, -0.2) is 29.7 Å². The molecule has 0 spiro atoms. The van der Waals surface area contributed by atoms with Gasteiger partial charge in [0, 0.05) is 0 Å². The summed E-state index contributed by atoms with van der Waals surface area (Å²) in [5.41, 5.74) is 4.26. The van der Waals surface area contributed by atoms with Crippen molar-refractivity contribution >= 4 is 5.91 Å². The number of carbonyl (C=O) groups excluding carboxylic acids is 1. The van der Waals surface area contributed by atoms with E-state index in [4.69, 9.17) is 10.8 Å². The maximum atomic E-state index is 10.8. The summed E-state index contributed by atoms with van der Waals surface area (Å²) >= 11 is 0. The molecule has 10 heavy (non-hydrogen) atoms. The number of hydrogen-bond donors (Lipinski definition) is 3. The number of primary amides is 1. The van der Waals surface area contributed by atoms with E-state index in [0.29, 0.717) is 6.42 Å². The molecule has 1 heterocycles. The van der Waals surface area contributed by atoms with Crippen molar-refractivity contribution in [2.75, 3.05) is 13.2 Å². The number of aliphatic hydroxyl groups excluding tert-OH is 1. The van der Waals surface area contributed by atoms with Crippen LogP contribution in [0, 0.1) is 0 Å². The van der Waals surface area contributed by atoms with E-state index in [0.717, 1.165) is 13.0 Å². The second-order valence-corrected chi connectivity index (χ2v) is 2.63. The summed E-state index contributed by atoms with van der Waals surface area (Å²) in [6.45, 7) is 0.575. The Morgan fingerprint density at radius 3 is 2.70 bits per heavy atom. The van der Waals surface area contributed by atoms with Gasteiger partial charge in [0.2, 0.25) is 5.91 Å². The van der Waals surface area contributed by atoms with Gasteiger partial charge in [-0.1, -0.05) is 0 Å². The largest absolute Gasteiger partial charge is 0.394 e. The molecule has 1 rings (SSSR count). The summed E-state index contributed by atoms with van der Waals surface area (Å²) in [7, 11) is 0. The third kappa shape index (κ3) is 0.998. The van der Waals surface area contributed by atoms with E-state index in [1.54, 1.807) is 0 Å². The molecule has 0 aromatic heterocycles. The molecule has 0 unspecified atom stereocenters. The van der Waals surface area contributed by atoms with Crippen LogP contribution in [-0.2, 0) is 4.79 Å². The molecule has 58 valence electrons. The van der Waals surface area contributed by atoms with Gasteiger partial charge >= 0.3 is 0 Å². The van der Waals surface area contributed by atoms with Crippen LogP contribution in [0.25, 0.3) is 0 Å². The molecular weight excluding hydrogens is 132 g/mol.